The molecule has 1 saturated heterocycles. The first-order chi connectivity index (χ1) is 7.77. The van der Waals surface area contributed by atoms with Crippen LogP contribution < -0.4 is 5.32 Å². The summed E-state index contributed by atoms with van der Waals surface area (Å²) in [5.74, 6) is 0.658. The average molecular weight is 218 g/mol. The minimum absolute atomic E-state index is 0.315. The quantitative estimate of drug-likeness (QED) is 0.626. The summed E-state index contributed by atoms with van der Waals surface area (Å²) < 4.78 is 0. The molecule has 1 aliphatic heterocycles. The predicted molar refractivity (Wildman–Crippen MR) is 62.5 cm³/mol. The topological polar surface area (TPSA) is 65.1 Å². The fourth-order valence-electron chi connectivity index (χ4n) is 1.60. The van der Waals surface area contributed by atoms with E-state index in [1.165, 1.54) is 0 Å². The first kappa shape index (κ1) is 10.7. The Morgan fingerprint density at radius 2 is 2.06 bits per heavy atom. The zero-order chi connectivity index (χ0) is 11.4. The second-order valence-corrected chi connectivity index (χ2v) is 3.68. The van der Waals surface area contributed by atoms with Crippen LogP contribution in [-0.2, 0) is 4.79 Å². The molecule has 0 radical (unpaired) electrons. The van der Waals surface area contributed by atoms with E-state index in [4.69, 9.17) is 0 Å². The SMILES string of the molecule is O=C1CCNC1.Oc1c[nH]c2ccccc12. The van der Waals surface area contributed by atoms with Crippen LogP contribution in [0.3, 0.4) is 0 Å². The summed E-state index contributed by atoms with van der Waals surface area (Å²) >= 11 is 0. The van der Waals surface area contributed by atoms with Crippen molar-refractivity contribution >= 4 is 16.7 Å². The van der Waals surface area contributed by atoms with Crippen molar-refractivity contribution in [2.24, 2.45) is 0 Å². The van der Waals surface area contributed by atoms with E-state index in [0.29, 0.717) is 18.1 Å². The Bertz CT molecular complexity index is 482. The van der Waals surface area contributed by atoms with Crippen LogP contribution in [0.15, 0.2) is 30.5 Å². The van der Waals surface area contributed by atoms with Crippen LogP contribution in [0, 0.1) is 0 Å². The number of aromatic nitrogens is 1. The molecule has 16 heavy (non-hydrogen) atoms. The lowest BCUT2D eigenvalue weighted by Gasteiger charge is -1.86. The van der Waals surface area contributed by atoms with Crippen molar-refractivity contribution in [3.05, 3.63) is 30.5 Å². The number of ketones is 1. The van der Waals surface area contributed by atoms with Crippen LogP contribution in [0.4, 0.5) is 0 Å². The summed E-state index contributed by atoms with van der Waals surface area (Å²) in [6, 6.07) is 7.63. The van der Waals surface area contributed by atoms with E-state index in [9.17, 15) is 9.90 Å². The van der Waals surface area contributed by atoms with Gasteiger partial charge < -0.3 is 15.4 Å². The van der Waals surface area contributed by atoms with E-state index in [0.717, 1.165) is 23.9 Å². The Balaban J connectivity index is 0.000000138. The lowest BCUT2D eigenvalue weighted by atomic mass is 10.2. The zero-order valence-corrected chi connectivity index (χ0v) is 8.86. The Morgan fingerprint density at radius 3 is 2.62 bits per heavy atom. The van der Waals surface area contributed by atoms with Gasteiger partial charge in [0.25, 0.3) is 0 Å². The number of fused-ring (bicyclic) bond motifs is 1. The molecule has 2 heterocycles. The smallest absolute Gasteiger partial charge is 0.147 e. The maximum absolute atomic E-state index is 10.2. The van der Waals surface area contributed by atoms with Crippen molar-refractivity contribution in [3.8, 4) is 5.75 Å². The molecule has 0 spiro atoms. The van der Waals surface area contributed by atoms with E-state index in [1.54, 1.807) is 6.20 Å². The second-order valence-electron chi connectivity index (χ2n) is 3.68. The average Bonchev–Trinajstić information content (AvgIpc) is 2.91. The number of carbonyl (C=O) groups excluding carboxylic acids is 1. The van der Waals surface area contributed by atoms with E-state index in [1.807, 2.05) is 24.3 Å². The number of nitrogens with one attached hydrogen (secondary N) is 2. The van der Waals surface area contributed by atoms with Gasteiger partial charge in [0.05, 0.1) is 6.54 Å². The fraction of sp³-hybridized carbons (Fsp3) is 0.250. The number of hydrogen-bond donors (Lipinski definition) is 3. The molecule has 3 rings (SSSR count). The Labute approximate surface area is 93.3 Å². The van der Waals surface area contributed by atoms with Gasteiger partial charge in [-0.25, -0.2) is 0 Å². The van der Waals surface area contributed by atoms with Gasteiger partial charge in [-0.3, -0.25) is 4.79 Å². The van der Waals surface area contributed by atoms with Gasteiger partial charge in [0.2, 0.25) is 0 Å². The van der Waals surface area contributed by atoms with Crippen molar-refractivity contribution in [3.63, 3.8) is 0 Å². The molecule has 4 heteroatoms. The Morgan fingerprint density at radius 1 is 1.25 bits per heavy atom. The molecule has 0 atom stereocenters. The first-order valence-corrected chi connectivity index (χ1v) is 5.25. The number of benzene rings is 1. The predicted octanol–water partition coefficient (Wildman–Crippen LogP) is 1.42. The molecule has 1 aromatic carbocycles. The van der Waals surface area contributed by atoms with E-state index < -0.39 is 0 Å². The first-order valence-electron chi connectivity index (χ1n) is 5.25. The highest BCUT2D eigenvalue weighted by Crippen LogP contribution is 2.22. The van der Waals surface area contributed by atoms with Crippen molar-refractivity contribution in [2.75, 3.05) is 13.1 Å². The van der Waals surface area contributed by atoms with E-state index >= 15 is 0 Å². The molecule has 3 N–H and O–H groups in total. The number of hydrogen-bond acceptors (Lipinski definition) is 3. The molecular weight excluding hydrogens is 204 g/mol. The molecule has 1 aliphatic rings. The molecule has 2 aromatic rings. The molecule has 4 nitrogen and oxygen atoms in total. The number of H-pyrrole nitrogens is 1. The van der Waals surface area contributed by atoms with E-state index in [2.05, 4.69) is 10.3 Å². The van der Waals surface area contributed by atoms with Crippen LogP contribution >= 0.6 is 0 Å². The summed E-state index contributed by atoms with van der Waals surface area (Å²) in [5.41, 5.74) is 0.972. The van der Waals surface area contributed by atoms with Gasteiger partial charge in [0.15, 0.2) is 0 Å². The summed E-state index contributed by atoms with van der Waals surface area (Å²) in [6.07, 6.45) is 2.32. The molecule has 0 saturated carbocycles. The molecule has 1 aromatic heterocycles. The second kappa shape index (κ2) is 4.81. The van der Waals surface area contributed by atoms with Gasteiger partial charge in [-0.15, -0.1) is 0 Å². The summed E-state index contributed by atoms with van der Waals surface area (Å²) in [5, 5.41) is 13.0. The number of para-hydroxylation sites is 1. The number of aromatic hydroxyl groups is 1. The Kier molecular flexibility index (Phi) is 3.22. The molecule has 0 amide bonds. The third kappa shape index (κ3) is 2.41. The third-order valence-corrected chi connectivity index (χ3v) is 2.47. The highest BCUT2D eigenvalue weighted by Gasteiger charge is 2.06. The summed E-state index contributed by atoms with van der Waals surface area (Å²) in [4.78, 5) is 13.1. The van der Waals surface area contributed by atoms with Crippen molar-refractivity contribution < 1.29 is 9.90 Å². The van der Waals surface area contributed by atoms with Gasteiger partial charge in [-0.2, -0.15) is 0 Å². The Hall–Kier alpha value is -1.81. The molecule has 0 unspecified atom stereocenters. The van der Waals surface area contributed by atoms with Crippen molar-refractivity contribution in [2.45, 2.75) is 6.42 Å². The molecule has 0 bridgehead atoms. The maximum Gasteiger partial charge on any atom is 0.147 e. The standard InChI is InChI=1S/C8H7NO.C4H7NO/c10-8-5-9-7-4-2-1-3-6(7)8;6-4-1-2-5-3-4/h1-5,9-10H;5H,1-3H2. The number of Topliss-reactive ketones (excluding diaryl/α,β-unsaturated/α-hetero) is 1. The highest BCUT2D eigenvalue weighted by molar-refractivity contribution is 5.85. The van der Waals surface area contributed by atoms with Crippen LogP contribution in [0.25, 0.3) is 10.9 Å². The van der Waals surface area contributed by atoms with Crippen molar-refractivity contribution in [1.29, 1.82) is 0 Å². The van der Waals surface area contributed by atoms with Gasteiger partial charge >= 0.3 is 0 Å². The number of aromatic amines is 1. The molecular formula is C12H14N2O2. The monoisotopic (exact) mass is 218 g/mol. The van der Waals surface area contributed by atoms with Crippen molar-refractivity contribution in [1.82, 2.24) is 10.3 Å². The number of rotatable bonds is 0. The lowest BCUT2D eigenvalue weighted by molar-refractivity contribution is -0.116. The minimum atomic E-state index is 0.315. The van der Waals surface area contributed by atoms with Gasteiger partial charge in [0, 0.05) is 30.1 Å². The third-order valence-electron chi connectivity index (χ3n) is 2.47. The molecule has 1 fully saturated rings. The molecule has 84 valence electrons. The summed E-state index contributed by atoms with van der Waals surface area (Å²) in [7, 11) is 0. The van der Waals surface area contributed by atoms with Crippen LogP contribution in [0.1, 0.15) is 6.42 Å². The van der Waals surface area contributed by atoms with E-state index in [-0.39, 0.29) is 0 Å². The maximum atomic E-state index is 10.2. The van der Waals surface area contributed by atoms with Gasteiger partial charge in [-0.1, -0.05) is 12.1 Å². The number of carbonyl (C=O) groups is 1. The zero-order valence-electron chi connectivity index (χ0n) is 8.86. The van der Waals surface area contributed by atoms with Gasteiger partial charge in [-0.05, 0) is 12.1 Å². The minimum Gasteiger partial charge on any atom is -0.506 e. The highest BCUT2D eigenvalue weighted by atomic mass is 16.3. The van der Waals surface area contributed by atoms with Crippen LogP contribution in [0.2, 0.25) is 0 Å². The van der Waals surface area contributed by atoms with Crippen LogP contribution in [-0.4, -0.2) is 29.0 Å². The van der Waals surface area contributed by atoms with Crippen LogP contribution in [0.5, 0.6) is 5.75 Å². The largest absolute Gasteiger partial charge is 0.506 e. The lowest BCUT2D eigenvalue weighted by Crippen LogP contribution is -2.07. The molecule has 0 aliphatic carbocycles. The van der Waals surface area contributed by atoms with Gasteiger partial charge in [0.1, 0.15) is 11.5 Å². The summed E-state index contributed by atoms with van der Waals surface area (Å²) in [6.45, 7) is 1.48. The normalized spacial score (nSPS) is 14.9. The fourth-order valence-corrected chi connectivity index (χ4v) is 1.60.